The second-order valence-electron chi connectivity index (χ2n) is 2.76. The van der Waals surface area contributed by atoms with Crippen LogP contribution in [0.15, 0.2) is 0 Å². The quantitative estimate of drug-likeness (QED) is 0.568. The first-order valence-electron chi connectivity index (χ1n) is 3.99. The zero-order valence-electron chi connectivity index (χ0n) is 7.48. The molecule has 7 nitrogen and oxygen atoms in total. The van der Waals surface area contributed by atoms with Crippen molar-refractivity contribution in [3.8, 4) is 0 Å². The molecule has 0 bridgehead atoms. The van der Waals surface area contributed by atoms with Crippen LogP contribution < -0.4 is 10.6 Å². The van der Waals surface area contributed by atoms with Crippen molar-refractivity contribution < 1.29 is 24.3 Å². The van der Waals surface area contributed by atoms with Gasteiger partial charge >= 0.3 is 5.97 Å². The van der Waals surface area contributed by atoms with Crippen molar-refractivity contribution in [2.45, 2.75) is 11.7 Å². The fourth-order valence-corrected chi connectivity index (χ4v) is 1.76. The third-order valence-electron chi connectivity index (χ3n) is 1.57. The number of thioether (sulfide) groups is 1. The van der Waals surface area contributed by atoms with E-state index in [9.17, 15) is 19.2 Å². The minimum absolute atomic E-state index is 0.199. The number of carbonyl (C=O) groups is 4. The molecule has 0 radical (unpaired) electrons. The topological polar surface area (TPSA) is 113 Å². The van der Waals surface area contributed by atoms with Gasteiger partial charge in [0.2, 0.25) is 11.8 Å². The number of carbonyl (C=O) groups excluding carboxylic acids is 3. The third-order valence-corrected chi connectivity index (χ3v) is 2.56. The van der Waals surface area contributed by atoms with Crippen LogP contribution in [0.2, 0.25) is 0 Å². The van der Waals surface area contributed by atoms with Gasteiger partial charge in [-0.15, -0.1) is 0 Å². The van der Waals surface area contributed by atoms with Crippen LogP contribution in [0.5, 0.6) is 0 Å². The fraction of sp³-hybridized carbons (Fsp3) is 0.429. The van der Waals surface area contributed by atoms with Gasteiger partial charge in [-0.2, -0.15) is 0 Å². The summed E-state index contributed by atoms with van der Waals surface area (Å²) in [5.74, 6) is -2.25. The summed E-state index contributed by atoms with van der Waals surface area (Å²) >= 11 is 0.728. The van der Waals surface area contributed by atoms with E-state index in [1.807, 2.05) is 5.32 Å². The van der Waals surface area contributed by atoms with Crippen molar-refractivity contribution in [1.29, 1.82) is 0 Å². The van der Waals surface area contributed by atoms with E-state index in [0.29, 0.717) is 0 Å². The molecular formula is C7H8N2O5S. The first-order chi connectivity index (χ1) is 6.99. The Hall–Kier alpha value is -1.57. The predicted octanol–water partition coefficient (Wildman–Crippen LogP) is -1.07. The molecule has 1 fully saturated rings. The number of nitrogens with one attached hydrogen (secondary N) is 2. The summed E-state index contributed by atoms with van der Waals surface area (Å²) in [5.41, 5.74) is 0. The first kappa shape index (κ1) is 11.5. The lowest BCUT2D eigenvalue weighted by Crippen LogP contribution is -2.33. The highest BCUT2D eigenvalue weighted by atomic mass is 32.2. The number of hydrogen-bond donors (Lipinski definition) is 3. The van der Waals surface area contributed by atoms with Crippen LogP contribution >= 0.6 is 11.8 Å². The maximum absolute atomic E-state index is 11.1. The molecular weight excluding hydrogens is 224 g/mol. The van der Waals surface area contributed by atoms with Crippen molar-refractivity contribution in [1.82, 2.24) is 10.6 Å². The van der Waals surface area contributed by atoms with Gasteiger partial charge in [-0.1, -0.05) is 11.8 Å². The molecule has 0 aliphatic carbocycles. The van der Waals surface area contributed by atoms with Gasteiger partial charge in [0.15, 0.2) is 0 Å². The van der Waals surface area contributed by atoms with E-state index >= 15 is 0 Å². The molecule has 1 rings (SSSR count). The van der Waals surface area contributed by atoms with Crippen molar-refractivity contribution in [3.05, 3.63) is 0 Å². The second-order valence-corrected chi connectivity index (χ2v) is 3.93. The van der Waals surface area contributed by atoms with Gasteiger partial charge in [0.25, 0.3) is 5.24 Å². The lowest BCUT2D eigenvalue weighted by atomic mass is 10.2. The number of amides is 3. The molecule has 1 aliphatic heterocycles. The summed E-state index contributed by atoms with van der Waals surface area (Å²) in [6.45, 7) is -0.494. The normalized spacial score (nSPS) is 19.9. The molecule has 1 unspecified atom stereocenters. The Labute approximate surface area is 88.6 Å². The van der Waals surface area contributed by atoms with Crippen molar-refractivity contribution in [2.24, 2.45) is 0 Å². The van der Waals surface area contributed by atoms with Crippen LogP contribution in [-0.2, 0) is 14.4 Å². The highest BCUT2D eigenvalue weighted by molar-refractivity contribution is 8.15. The van der Waals surface area contributed by atoms with Gasteiger partial charge in [0.1, 0.15) is 11.8 Å². The van der Waals surface area contributed by atoms with E-state index in [1.54, 1.807) is 0 Å². The fourth-order valence-electron chi connectivity index (χ4n) is 0.942. The van der Waals surface area contributed by atoms with Crippen molar-refractivity contribution >= 4 is 34.8 Å². The lowest BCUT2D eigenvalue weighted by Gasteiger charge is -2.04. The highest BCUT2D eigenvalue weighted by Gasteiger charge is 2.33. The Kier molecular flexibility index (Phi) is 3.67. The molecule has 3 N–H and O–H groups in total. The third kappa shape index (κ3) is 3.58. The van der Waals surface area contributed by atoms with Crippen LogP contribution in [0, 0.1) is 0 Å². The average molecular weight is 232 g/mol. The van der Waals surface area contributed by atoms with E-state index in [2.05, 4.69) is 5.32 Å². The van der Waals surface area contributed by atoms with Gasteiger partial charge in [-0.3, -0.25) is 24.5 Å². The maximum atomic E-state index is 11.1. The Bertz CT molecular complexity index is 329. The Morgan fingerprint density at radius 2 is 2.13 bits per heavy atom. The minimum Gasteiger partial charge on any atom is -0.480 e. The van der Waals surface area contributed by atoms with Gasteiger partial charge in [0.05, 0.1) is 0 Å². The Morgan fingerprint density at radius 3 is 2.60 bits per heavy atom. The van der Waals surface area contributed by atoms with E-state index in [0.717, 1.165) is 11.8 Å². The first-order valence-corrected chi connectivity index (χ1v) is 4.87. The standard InChI is InChI=1S/C7H8N2O5S/c10-4(8-2-5(11)12)1-3-6(13)9-7(14)15-3/h3H,1-2H2,(H,8,10)(H,11,12)(H,9,13,14). The molecule has 82 valence electrons. The molecule has 0 aromatic carbocycles. The molecule has 0 saturated carbocycles. The number of carboxylic acid groups (broad SMARTS) is 1. The zero-order valence-corrected chi connectivity index (χ0v) is 8.30. The summed E-state index contributed by atoms with van der Waals surface area (Å²) in [6.07, 6.45) is -0.199. The van der Waals surface area contributed by atoms with Gasteiger partial charge in [0, 0.05) is 6.42 Å². The smallest absolute Gasteiger partial charge is 0.322 e. The molecule has 1 aliphatic rings. The summed E-state index contributed by atoms with van der Waals surface area (Å²) in [6, 6.07) is 0. The van der Waals surface area contributed by atoms with E-state index in [4.69, 9.17) is 5.11 Å². The zero-order chi connectivity index (χ0) is 11.4. The minimum atomic E-state index is -1.16. The predicted molar refractivity (Wildman–Crippen MR) is 50.2 cm³/mol. The molecule has 1 atom stereocenters. The number of carboxylic acids is 1. The van der Waals surface area contributed by atoms with Gasteiger partial charge in [-0.25, -0.2) is 0 Å². The Morgan fingerprint density at radius 1 is 1.47 bits per heavy atom. The monoisotopic (exact) mass is 232 g/mol. The average Bonchev–Trinajstić information content (AvgIpc) is 2.42. The molecule has 0 aromatic rings. The number of hydrogen-bond acceptors (Lipinski definition) is 5. The second kappa shape index (κ2) is 4.78. The highest BCUT2D eigenvalue weighted by Crippen LogP contribution is 2.21. The van der Waals surface area contributed by atoms with Crippen molar-refractivity contribution in [3.63, 3.8) is 0 Å². The van der Waals surface area contributed by atoms with E-state index < -0.39 is 34.8 Å². The summed E-state index contributed by atoms with van der Waals surface area (Å²) < 4.78 is 0. The SMILES string of the molecule is O=C(O)CNC(=O)CC1SC(=O)NC1=O. The molecule has 15 heavy (non-hydrogen) atoms. The van der Waals surface area contributed by atoms with Gasteiger partial charge in [-0.05, 0) is 0 Å². The van der Waals surface area contributed by atoms with Crippen LogP contribution in [0.3, 0.4) is 0 Å². The summed E-state index contributed by atoms with van der Waals surface area (Å²) in [4.78, 5) is 42.9. The molecule has 0 spiro atoms. The summed E-state index contributed by atoms with van der Waals surface area (Å²) in [5, 5.41) is 11.1. The molecule has 0 aromatic heterocycles. The lowest BCUT2D eigenvalue weighted by molar-refractivity contribution is -0.137. The van der Waals surface area contributed by atoms with Crippen molar-refractivity contribution in [2.75, 3.05) is 6.54 Å². The molecule has 1 saturated heterocycles. The van der Waals surface area contributed by atoms with Gasteiger partial charge < -0.3 is 10.4 Å². The van der Waals surface area contributed by atoms with Crippen LogP contribution in [0.25, 0.3) is 0 Å². The largest absolute Gasteiger partial charge is 0.480 e. The van der Waals surface area contributed by atoms with Crippen LogP contribution in [0.1, 0.15) is 6.42 Å². The van der Waals surface area contributed by atoms with E-state index in [-0.39, 0.29) is 6.42 Å². The molecule has 1 heterocycles. The van der Waals surface area contributed by atoms with Crippen LogP contribution in [0.4, 0.5) is 4.79 Å². The maximum Gasteiger partial charge on any atom is 0.322 e. The number of imide groups is 1. The van der Waals surface area contributed by atoms with Crippen LogP contribution in [-0.4, -0.2) is 39.9 Å². The number of aliphatic carboxylic acids is 1. The van der Waals surface area contributed by atoms with E-state index in [1.165, 1.54) is 0 Å². The molecule has 3 amide bonds. The Balaban J connectivity index is 2.35. The molecule has 8 heteroatoms. The number of rotatable bonds is 4. The summed E-state index contributed by atoms with van der Waals surface area (Å²) in [7, 11) is 0.